The third-order valence-electron chi connectivity index (χ3n) is 2.76. The Hall–Kier alpha value is -0.610. The Kier molecular flexibility index (Phi) is 3.27. The monoisotopic (exact) mass is 187 g/mol. The molecule has 76 valence electrons. The fraction of sp³-hybridized carbons (Fsp3) is 0.889. The number of carbonyl (C=O) groups excluding carboxylic acids is 1. The topological polar surface area (TPSA) is 47.6 Å². The Balaban J connectivity index is 2.62. The van der Waals surface area contributed by atoms with Crippen molar-refractivity contribution in [2.45, 2.75) is 31.9 Å². The molecule has 0 spiro atoms. The number of ether oxygens (including phenoxy) is 2. The molecule has 0 aromatic carbocycles. The van der Waals surface area contributed by atoms with E-state index < -0.39 is 0 Å². The molecule has 4 heteroatoms. The summed E-state index contributed by atoms with van der Waals surface area (Å²) in [7, 11) is 1.66. The van der Waals surface area contributed by atoms with Crippen molar-refractivity contribution in [1.82, 2.24) is 5.32 Å². The summed E-state index contributed by atoms with van der Waals surface area (Å²) < 4.78 is 10.5. The smallest absolute Gasteiger partial charge is 0.246 e. The molecule has 0 saturated carbocycles. The normalized spacial score (nSPS) is 27.9. The van der Waals surface area contributed by atoms with E-state index in [4.69, 9.17) is 9.47 Å². The SMILES string of the molecule is CCC(C)(OC)C1COCC(=O)N1. The maximum absolute atomic E-state index is 11.1. The van der Waals surface area contributed by atoms with E-state index >= 15 is 0 Å². The number of hydrogen-bond donors (Lipinski definition) is 1. The van der Waals surface area contributed by atoms with Gasteiger partial charge in [0, 0.05) is 7.11 Å². The molecule has 0 aliphatic carbocycles. The lowest BCUT2D eigenvalue weighted by molar-refractivity contribution is -0.139. The van der Waals surface area contributed by atoms with E-state index in [-0.39, 0.29) is 24.2 Å². The second kappa shape index (κ2) is 4.07. The molecule has 0 radical (unpaired) electrons. The number of methoxy groups -OCH3 is 1. The highest BCUT2D eigenvalue weighted by atomic mass is 16.5. The van der Waals surface area contributed by atoms with E-state index in [1.807, 2.05) is 13.8 Å². The number of carbonyl (C=O) groups is 1. The van der Waals surface area contributed by atoms with Crippen LogP contribution in [0.3, 0.4) is 0 Å². The molecule has 2 unspecified atom stereocenters. The van der Waals surface area contributed by atoms with Gasteiger partial charge >= 0.3 is 0 Å². The zero-order chi connectivity index (χ0) is 9.90. The average Bonchev–Trinajstić information content (AvgIpc) is 2.17. The van der Waals surface area contributed by atoms with Crippen LogP contribution in [0.15, 0.2) is 0 Å². The van der Waals surface area contributed by atoms with Crippen LogP contribution in [0, 0.1) is 0 Å². The summed E-state index contributed by atoms with van der Waals surface area (Å²) in [5.41, 5.74) is -0.323. The molecule has 1 amide bonds. The first kappa shape index (κ1) is 10.5. The van der Waals surface area contributed by atoms with Gasteiger partial charge in [-0.05, 0) is 13.3 Å². The van der Waals surface area contributed by atoms with E-state index in [2.05, 4.69) is 5.32 Å². The van der Waals surface area contributed by atoms with E-state index in [1.165, 1.54) is 0 Å². The first-order valence-corrected chi connectivity index (χ1v) is 4.54. The third-order valence-corrected chi connectivity index (χ3v) is 2.76. The lowest BCUT2D eigenvalue weighted by Gasteiger charge is -2.38. The molecule has 13 heavy (non-hydrogen) atoms. The van der Waals surface area contributed by atoms with Gasteiger partial charge < -0.3 is 14.8 Å². The Bertz CT molecular complexity index is 189. The Morgan fingerprint density at radius 2 is 2.46 bits per heavy atom. The number of rotatable bonds is 3. The van der Waals surface area contributed by atoms with Crippen molar-refractivity contribution in [2.24, 2.45) is 0 Å². The summed E-state index contributed by atoms with van der Waals surface area (Å²) in [6.45, 7) is 4.71. The molecule has 0 bridgehead atoms. The lowest BCUT2D eigenvalue weighted by atomic mass is 9.93. The summed E-state index contributed by atoms with van der Waals surface area (Å²) in [6, 6.07) is -0.0382. The molecule has 1 N–H and O–H groups in total. The van der Waals surface area contributed by atoms with Gasteiger partial charge in [0.05, 0.1) is 18.2 Å². The minimum atomic E-state index is -0.323. The van der Waals surface area contributed by atoms with Crippen LogP contribution in [0.2, 0.25) is 0 Å². The van der Waals surface area contributed by atoms with E-state index in [0.29, 0.717) is 6.61 Å². The molecular formula is C9H17NO3. The minimum Gasteiger partial charge on any atom is -0.376 e. The van der Waals surface area contributed by atoms with Gasteiger partial charge in [0.2, 0.25) is 5.91 Å². The predicted molar refractivity (Wildman–Crippen MR) is 48.5 cm³/mol. The molecule has 1 fully saturated rings. The van der Waals surface area contributed by atoms with Crippen molar-refractivity contribution < 1.29 is 14.3 Å². The van der Waals surface area contributed by atoms with Gasteiger partial charge in [0.25, 0.3) is 0 Å². The number of hydrogen-bond acceptors (Lipinski definition) is 3. The van der Waals surface area contributed by atoms with Gasteiger partial charge in [-0.1, -0.05) is 6.92 Å². The molecule has 1 saturated heterocycles. The quantitative estimate of drug-likeness (QED) is 0.692. The summed E-state index contributed by atoms with van der Waals surface area (Å²) in [6.07, 6.45) is 0.845. The van der Waals surface area contributed by atoms with Crippen molar-refractivity contribution >= 4 is 5.91 Å². The molecule has 1 aliphatic heterocycles. The maximum atomic E-state index is 11.1. The average molecular weight is 187 g/mol. The van der Waals surface area contributed by atoms with E-state index in [9.17, 15) is 4.79 Å². The van der Waals surface area contributed by atoms with Gasteiger partial charge in [-0.15, -0.1) is 0 Å². The van der Waals surface area contributed by atoms with Crippen LogP contribution in [0.4, 0.5) is 0 Å². The van der Waals surface area contributed by atoms with Crippen molar-refractivity contribution in [2.75, 3.05) is 20.3 Å². The van der Waals surface area contributed by atoms with Gasteiger partial charge in [-0.3, -0.25) is 4.79 Å². The van der Waals surface area contributed by atoms with E-state index in [1.54, 1.807) is 7.11 Å². The first-order valence-electron chi connectivity index (χ1n) is 4.54. The van der Waals surface area contributed by atoms with Gasteiger partial charge in [0.1, 0.15) is 6.61 Å². The predicted octanol–water partition coefficient (Wildman–Crippen LogP) is 0.317. The minimum absolute atomic E-state index is 0.0382. The third kappa shape index (κ3) is 2.19. The summed E-state index contributed by atoms with van der Waals surface area (Å²) in [5, 5.41) is 2.87. The fourth-order valence-corrected chi connectivity index (χ4v) is 1.41. The Labute approximate surface area is 78.6 Å². The van der Waals surface area contributed by atoms with Crippen LogP contribution in [-0.4, -0.2) is 37.9 Å². The zero-order valence-corrected chi connectivity index (χ0v) is 8.42. The van der Waals surface area contributed by atoms with Crippen LogP contribution in [-0.2, 0) is 14.3 Å². The molecule has 1 heterocycles. The largest absolute Gasteiger partial charge is 0.376 e. The Morgan fingerprint density at radius 3 is 2.92 bits per heavy atom. The molecule has 1 aliphatic rings. The van der Waals surface area contributed by atoms with Crippen LogP contribution in [0.5, 0.6) is 0 Å². The Morgan fingerprint density at radius 1 is 1.77 bits per heavy atom. The summed E-state index contributed by atoms with van der Waals surface area (Å²) in [5.74, 6) is -0.0621. The van der Waals surface area contributed by atoms with Crippen LogP contribution < -0.4 is 5.32 Å². The van der Waals surface area contributed by atoms with Crippen LogP contribution in [0.25, 0.3) is 0 Å². The number of morpholine rings is 1. The molecule has 4 nitrogen and oxygen atoms in total. The van der Waals surface area contributed by atoms with Crippen LogP contribution in [0.1, 0.15) is 20.3 Å². The maximum Gasteiger partial charge on any atom is 0.246 e. The summed E-state index contributed by atoms with van der Waals surface area (Å²) >= 11 is 0. The first-order chi connectivity index (χ1) is 6.12. The standard InChI is InChI=1S/C9H17NO3/c1-4-9(2,12-3)7-5-13-6-8(11)10-7/h7H,4-6H2,1-3H3,(H,10,11). The van der Waals surface area contributed by atoms with Gasteiger partial charge in [-0.25, -0.2) is 0 Å². The van der Waals surface area contributed by atoms with Gasteiger partial charge in [0.15, 0.2) is 0 Å². The molecule has 1 rings (SSSR count). The van der Waals surface area contributed by atoms with Crippen molar-refractivity contribution in [3.05, 3.63) is 0 Å². The fourth-order valence-electron chi connectivity index (χ4n) is 1.41. The molecule has 0 aromatic rings. The summed E-state index contributed by atoms with van der Waals surface area (Å²) in [4.78, 5) is 11.1. The lowest BCUT2D eigenvalue weighted by Crippen LogP contribution is -2.58. The van der Waals surface area contributed by atoms with Crippen LogP contribution >= 0.6 is 0 Å². The van der Waals surface area contributed by atoms with Crippen molar-refractivity contribution in [3.63, 3.8) is 0 Å². The highest BCUT2D eigenvalue weighted by Gasteiger charge is 2.36. The van der Waals surface area contributed by atoms with E-state index in [0.717, 1.165) is 6.42 Å². The van der Waals surface area contributed by atoms with Gasteiger partial charge in [-0.2, -0.15) is 0 Å². The number of nitrogens with one attached hydrogen (secondary N) is 1. The number of amides is 1. The molecular weight excluding hydrogens is 170 g/mol. The molecule has 2 atom stereocenters. The van der Waals surface area contributed by atoms with Crippen molar-refractivity contribution in [3.8, 4) is 0 Å². The second-order valence-electron chi connectivity index (χ2n) is 3.51. The van der Waals surface area contributed by atoms with Crippen molar-refractivity contribution in [1.29, 1.82) is 0 Å². The molecule has 0 aromatic heterocycles. The second-order valence-corrected chi connectivity index (χ2v) is 3.51. The highest BCUT2D eigenvalue weighted by Crippen LogP contribution is 2.20. The highest BCUT2D eigenvalue weighted by molar-refractivity contribution is 5.78. The zero-order valence-electron chi connectivity index (χ0n) is 8.42.